The Labute approximate surface area is 119 Å². The Morgan fingerprint density at radius 1 is 1.37 bits per heavy atom. The molecule has 4 nitrogen and oxygen atoms in total. The summed E-state index contributed by atoms with van der Waals surface area (Å²) < 4.78 is 23.1. The number of nitriles is 1. The third-order valence-corrected chi connectivity index (χ3v) is 5.65. The Morgan fingerprint density at radius 2 is 2.00 bits per heavy atom. The van der Waals surface area contributed by atoms with Crippen molar-refractivity contribution in [3.05, 3.63) is 28.8 Å². The highest BCUT2D eigenvalue weighted by Crippen LogP contribution is 2.23. The summed E-state index contributed by atoms with van der Waals surface area (Å²) in [6.07, 6.45) is 0. The van der Waals surface area contributed by atoms with Gasteiger partial charge in [-0.15, -0.1) is 0 Å². The second-order valence-electron chi connectivity index (χ2n) is 5.16. The van der Waals surface area contributed by atoms with Crippen LogP contribution >= 0.6 is 11.6 Å². The maximum atomic E-state index is 11.9. The third kappa shape index (κ3) is 4.12. The van der Waals surface area contributed by atoms with Crippen molar-refractivity contribution in [3.8, 4) is 6.07 Å². The Balaban J connectivity index is 2.72. The van der Waals surface area contributed by atoms with Gasteiger partial charge in [0.05, 0.1) is 32.8 Å². The smallest absolute Gasteiger partial charge is 0.156 e. The number of benzene rings is 1. The van der Waals surface area contributed by atoms with Crippen LogP contribution in [-0.4, -0.2) is 25.5 Å². The van der Waals surface area contributed by atoms with E-state index >= 15 is 0 Å². The third-order valence-electron chi connectivity index (χ3n) is 2.71. The van der Waals surface area contributed by atoms with Crippen LogP contribution in [0.25, 0.3) is 0 Å². The number of rotatable bonds is 4. The highest BCUT2D eigenvalue weighted by molar-refractivity contribution is 7.92. The fourth-order valence-electron chi connectivity index (χ4n) is 1.36. The van der Waals surface area contributed by atoms with E-state index in [1.54, 1.807) is 39.0 Å². The van der Waals surface area contributed by atoms with Crippen LogP contribution in [0, 0.1) is 11.3 Å². The molecule has 0 aliphatic carbocycles. The van der Waals surface area contributed by atoms with E-state index in [1.165, 1.54) is 0 Å². The van der Waals surface area contributed by atoms with Gasteiger partial charge in [0.25, 0.3) is 0 Å². The lowest BCUT2D eigenvalue weighted by Crippen LogP contribution is -2.32. The van der Waals surface area contributed by atoms with Gasteiger partial charge in [-0.05, 0) is 39.0 Å². The molecule has 0 radical (unpaired) electrons. The molecule has 0 amide bonds. The molecule has 0 saturated carbocycles. The molecule has 19 heavy (non-hydrogen) atoms. The van der Waals surface area contributed by atoms with E-state index in [0.29, 0.717) is 16.3 Å². The second-order valence-corrected chi connectivity index (χ2v) is 8.43. The van der Waals surface area contributed by atoms with Crippen LogP contribution in [0.1, 0.15) is 26.3 Å². The van der Waals surface area contributed by atoms with Gasteiger partial charge in [0.2, 0.25) is 0 Å². The van der Waals surface area contributed by atoms with Gasteiger partial charge >= 0.3 is 0 Å². The van der Waals surface area contributed by atoms with Gasteiger partial charge in [-0.3, -0.25) is 0 Å². The quantitative estimate of drug-likeness (QED) is 0.928. The van der Waals surface area contributed by atoms with Crippen molar-refractivity contribution in [2.24, 2.45) is 0 Å². The van der Waals surface area contributed by atoms with Crippen LogP contribution in [0.15, 0.2) is 18.2 Å². The summed E-state index contributed by atoms with van der Waals surface area (Å²) in [5.41, 5.74) is 1.05. The standard InChI is InChI=1S/C13H17ClN2O2S/c1-13(2,3)19(17,18)7-6-16-12-8-10(9-15)4-5-11(12)14/h4-5,8,16H,6-7H2,1-3H3. The molecule has 104 valence electrons. The number of anilines is 1. The lowest BCUT2D eigenvalue weighted by Gasteiger charge is -2.19. The lowest BCUT2D eigenvalue weighted by atomic mass is 10.2. The fraction of sp³-hybridized carbons (Fsp3) is 0.462. The molecule has 0 unspecified atom stereocenters. The fourth-order valence-corrected chi connectivity index (χ4v) is 2.52. The number of sulfone groups is 1. The van der Waals surface area contributed by atoms with Crippen LogP contribution < -0.4 is 5.32 Å². The monoisotopic (exact) mass is 300 g/mol. The minimum absolute atomic E-state index is 0.0175. The lowest BCUT2D eigenvalue weighted by molar-refractivity contribution is 0.560. The van der Waals surface area contributed by atoms with E-state index in [9.17, 15) is 8.42 Å². The molecule has 0 spiro atoms. The first-order valence-corrected chi connectivity index (χ1v) is 7.86. The first-order chi connectivity index (χ1) is 8.67. The van der Waals surface area contributed by atoms with Gasteiger partial charge < -0.3 is 5.32 Å². The summed E-state index contributed by atoms with van der Waals surface area (Å²) in [5, 5.41) is 12.2. The predicted octanol–water partition coefficient (Wildman–Crippen LogP) is 2.84. The topological polar surface area (TPSA) is 70.0 Å². The highest BCUT2D eigenvalue weighted by Gasteiger charge is 2.28. The molecule has 0 aliphatic rings. The minimum Gasteiger partial charge on any atom is -0.383 e. The van der Waals surface area contributed by atoms with Crippen molar-refractivity contribution >= 4 is 27.1 Å². The van der Waals surface area contributed by atoms with Crippen molar-refractivity contribution in [2.45, 2.75) is 25.5 Å². The van der Waals surface area contributed by atoms with E-state index < -0.39 is 14.6 Å². The Bertz CT molecular complexity index is 598. The van der Waals surface area contributed by atoms with E-state index in [1.807, 2.05) is 6.07 Å². The average Bonchev–Trinajstić information content (AvgIpc) is 2.30. The summed E-state index contributed by atoms with van der Waals surface area (Å²) in [4.78, 5) is 0. The summed E-state index contributed by atoms with van der Waals surface area (Å²) in [7, 11) is -3.17. The number of halogens is 1. The molecule has 0 heterocycles. The van der Waals surface area contributed by atoms with Crippen LogP contribution in [0.5, 0.6) is 0 Å². The van der Waals surface area contributed by atoms with E-state index in [-0.39, 0.29) is 12.3 Å². The van der Waals surface area contributed by atoms with Gasteiger partial charge in [0.1, 0.15) is 0 Å². The van der Waals surface area contributed by atoms with Crippen LogP contribution in [0.4, 0.5) is 5.69 Å². The van der Waals surface area contributed by atoms with E-state index in [4.69, 9.17) is 16.9 Å². The SMILES string of the molecule is CC(C)(C)S(=O)(=O)CCNc1cc(C#N)ccc1Cl. The zero-order chi connectivity index (χ0) is 14.7. The molecule has 0 saturated heterocycles. The number of hydrogen-bond donors (Lipinski definition) is 1. The van der Waals surface area contributed by atoms with E-state index in [2.05, 4.69) is 5.32 Å². The summed E-state index contributed by atoms with van der Waals surface area (Å²) in [5.74, 6) is 0.0175. The highest BCUT2D eigenvalue weighted by atomic mass is 35.5. The van der Waals surface area contributed by atoms with Crippen molar-refractivity contribution < 1.29 is 8.42 Å². The summed E-state index contributed by atoms with van der Waals surface area (Å²) in [6.45, 7) is 5.27. The van der Waals surface area contributed by atoms with Crippen molar-refractivity contribution in [2.75, 3.05) is 17.6 Å². The zero-order valence-electron chi connectivity index (χ0n) is 11.2. The van der Waals surface area contributed by atoms with Crippen LogP contribution in [-0.2, 0) is 9.84 Å². The number of nitrogens with one attached hydrogen (secondary N) is 1. The zero-order valence-corrected chi connectivity index (χ0v) is 12.8. The molecule has 6 heteroatoms. The molecule has 0 aliphatic heterocycles. The Hall–Kier alpha value is -1.25. The molecule has 0 fully saturated rings. The van der Waals surface area contributed by atoms with Gasteiger partial charge in [-0.25, -0.2) is 8.42 Å². The largest absolute Gasteiger partial charge is 0.383 e. The van der Waals surface area contributed by atoms with Gasteiger partial charge in [-0.1, -0.05) is 11.6 Å². The number of hydrogen-bond acceptors (Lipinski definition) is 4. The van der Waals surface area contributed by atoms with Gasteiger partial charge in [0.15, 0.2) is 9.84 Å². The molecule has 1 aromatic carbocycles. The molecule has 0 aromatic heterocycles. The Kier molecular flexibility index (Phi) is 4.83. The molecule has 1 N–H and O–H groups in total. The van der Waals surface area contributed by atoms with Gasteiger partial charge in [-0.2, -0.15) is 5.26 Å². The average molecular weight is 301 g/mol. The molecule has 1 rings (SSSR count). The molecular weight excluding hydrogens is 284 g/mol. The molecule has 0 bridgehead atoms. The summed E-state index contributed by atoms with van der Waals surface area (Å²) >= 11 is 5.97. The maximum absolute atomic E-state index is 11.9. The minimum atomic E-state index is -3.17. The van der Waals surface area contributed by atoms with Gasteiger partial charge in [0, 0.05) is 6.54 Å². The number of nitrogens with zero attached hydrogens (tertiary/aromatic N) is 1. The first kappa shape index (κ1) is 15.8. The second kappa shape index (κ2) is 5.81. The van der Waals surface area contributed by atoms with Crippen molar-refractivity contribution in [1.82, 2.24) is 0 Å². The van der Waals surface area contributed by atoms with E-state index in [0.717, 1.165) is 0 Å². The van der Waals surface area contributed by atoms with Crippen LogP contribution in [0.2, 0.25) is 5.02 Å². The molecule has 1 aromatic rings. The molecule has 0 atom stereocenters. The summed E-state index contributed by atoms with van der Waals surface area (Å²) in [6, 6.07) is 6.83. The predicted molar refractivity (Wildman–Crippen MR) is 78.2 cm³/mol. The first-order valence-electron chi connectivity index (χ1n) is 5.83. The Morgan fingerprint density at radius 3 is 2.53 bits per heavy atom. The maximum Gasteiger partial charge on any atom is 0.156 e. The van der Waals surface area contributed by atoms with Crippen molar-refractivity contribution in [3.63, 3.8) is 0 Å². The van der Waals surface area contributed by atoms with Crippen LogP contribution in [0.3, 0.4) is 0 Å². The normalized spacial score (nSPS) is 11.9. The van der Waals surface area contributed by atoms with Crippen molar-refractivity contribution in [1.29, 1.82) is 5.26 Å². The molecular formula is C13H17ClN2O2S.